The summed E-state index contributed by atoms with van der Waals surface area (Å²) in [5, 5.41) is 3.89. The van der Waals surface area contributed by atoms with Crippen LogP contribution in [0, 0.1) is 0 Å². The molecule has 154 valence electrons. The van der Waals surface area contributed by atoms with E-state index in [0.29, 0.717) is 5.56 Å². The predicted octanol–water partition coefficient (Wildman–Crippen LogP) is 2.67. The van der Waals surface area contributed by atoms with Gasteiger partial charge in [0.1, 0.15) is 6.33 Å². The highest BCUT2D eigenvalue weighted by Gasteiger charge is 2.13. The van der Waals surface area contributed by atoms with Crippen molar-refractivity contribution in [1.82, 2.24) is 18.9 Å². The van der Waals surface area contributed by atoms with E-state index in [1.54, 1.807) is 16.8 Å². The molecule has 0 fully saturated rings. The van der Waals surface area contributed by atoms with Crippen molar-refractivity contribution in [3.63, 3.8) is 0 Å². The molecule has 0 amide bonds. The molecule has 3 aromatic heterocycles. The van der Waals surface area contributed by atoms with Crippen LogP contribution in [-0.2, 0) is 13.1 Å². The summed E-state index contributed by atoms with van der Waals surface area (Å²) in [6.07, 6.45) is 1.16. The zero-order chi connectivity index (χ0) is 21.1. The monoisotopic (exact) mass is 421 g/mol. The largest absolute Gasteiger partial charge is 0.346 e. The van der Waals surface area contributed by atoms with Crippen LogP contribution in [0.4, 0.5) is 8.78 Å². The SMILES string of the molecule is CC(C)n1cccc(-c2ccc(Cn3cnn(CC(CN)=C(F)F)c3=O)s2)c1=O. The van der Waals surface area contributed by atoms with Crippen molar-refractivity contribution in [2.45, 2.75) is 33.0 Å². The molecular formula is C19H21F2N5O2S. The van der Waals surface area contributed by atoms with Crippen LogP contribution in [0.25, 0.3) is 10.4 Å². The Morgan fingerprint density at radius 2 is 2.00 bits per heavy atom. The zero-order valence-electron chi connectivity index (χ0n) is 16.0. The maximum Gasteiger partial charge on any atom is 0.346 e. The molecule has 29 heavy (non-hydrogen) atoms. The molecule has 0 aliphatic rings. The Kier molecular flexibility index (Phi) is 6.23. The summed E-state index contributed by atoms with van der Waals surface area (Å²) in [5.41, 5.74) is 4.97. The van der Waals surface area contributed by atoms with Gasteiger partial charge < -0.3 is 10.3 Å². The highest BCUT2D eigenvalue weighted by Crippen LogP contribution is 2.26. The second-order valence-electron chi connectivity index (χ2n) is 6.76. The number of thiophene rings is 1. The van der Waals surface area contributed by atoms with Gasteiger partial charge in [0.15, 0.2) is 0 Å². The van der Waals surface area contributed by atoms with Gasteiger partial charge in [-0.05, 0) is 38.1 Å². The Labute approximate surface area is 169 Å². The summed E-state index contributed by atoms with van der Waals surface area (Å²) in [7, 11) is 0. The molecule has 3 rings (SSSR count). The van der Waals surface area contributed by atoms with Crippen LogP contribution < -0.4 is 17.0 Å². The third kappa shape index (κ3) is 4.43. The van der Waals surface area contributed by atoms with Crippen molar-refractivity contribution < 1.29 is 8.78 Å². The fraction of sp³-hybridized carbons (Fsp3) is 0.316. The molecule has 0 unspecified atom stereocenters. The summed E-state index contributed by atoms with van der Waals surface area (Å²) in [6, 6.07) is 7.32. The van der Waals surface area contributed by atoms with Crippen LogP contribution in [0.15, 0.2) is 58.0 Å². The first-order chi connectivity index (χ1) is 13.8. The molecule has 0 aliphatic carbocycles. The number of nitrogens with zero attached hydrogens (tertiary/aromatic N) is 4. The molecule has 2 N–H and O–H groups in total. The number of hydrogen-bond donors (Lipinski definition) is 1. The smallest absolute Gasteiger partial charge is 0.327 e. The zero-order valence-corrected chi connectivity index (χ0v) is 16.8. The van der Waals surface area contributed by atoms with Crippen molar-refractivity contribution in [1.29, 1.82) is 0 Å². The molecule has 3 aromatic rings. The third-order valence-corrected chi connectivity index (χ3v) is 5.54. The fourth-order valence-electron chi connectivity index (χ4n) is 2.85. The third-order valence-electron chi connectivity index (χ3n) is 4.44. The molecule has 0 saturated carbocycles. The van der Waals surface area contributed by atoms with Gasteiger partial charge in [0.2, 0.25) is 0 Å². The second-order valence-corrected chi connectivity index (χ2v) is 7.93. The average molecular weight is 421 g/mol. The lowest BCUT2D eigenvalue weighted by Gasteiger charge is -2.10. The Morgan fingerprint density at radius 3 is 2.66 bits per heavy atom. The molecule has 7 nitrogen and oxygen atoms in total. The van der Waals surface area contributed by atoms with Gasteiger partial charge in [0, 0.05) is 34.1 Å². The number of hydrogen-bond acceptors (Lipinski definition) is 5. The first kappa shape index (κ1) is 20.9. The first-order valence-corrected chi connectivity index (χ1v) is 9.79. The minimum atomic E-state index is -1.90. The van der Waals surface area contributed by atoms with Crippen molar-refractivity contribution in [2.75, 3.05) is 6.54 Å². The molecular weight excluding hydrogens is 400 g/mol. The maximum absolute atomic E-state index is 12.8. The molecule has 0 radical (unpaired) electrons. The Bertz CT molecular complexity index is 1150. The summed E-state index contributed by atoms with van der Waals surface area (Å²) in [4.78, 5) is 26.7. The van der Waals surface area contributed by atoms with E-state index in [1.807, 2.05) is 32.0 Å². The van der Waals surface area contributed by atoms with Gasteiger partial charge in [-0.2, -0.15) is 13.9 Å². The van der Waals surface area contributed by atoms with Gasteiger partial charge in [0.25, 0.3) is 11.6 Å². The summed E-state index contributed by atoms with van der Waals surface area (Å²) < 4.78 is 29.5. The highest BCUT2D eigenvalue weighted by molar-refractivity contribution is 7.15. The lowest BCUT2D eigenvalue weighted by atomic mass is 10.2. The van der Waals surface area contributed by atoms with Crippen LogP contribution in [0.2, 0.25) is 0 Å². The number of aromatic nitrogens is 4. The fourth-order valence-corrected chi connectivity index (χ4v) is 3.87. The van der Waals surface area contributed by atoms with E-state index in [0.717, 1.165) is 14.4 Å². The highest BCUT2D eigenvalue weighted by atomic mass is 32.1. The van der Waals surface area contributed by atoms with Crippen LogP contribution in [0.3, 0.4) is 0 Å². The normalized spacial score (nSPS) is 11.2. The van der Waals surface area contributed by atoms with Crippen molar-refractivity contribution in [2.24, 2.45) is 5.73 Å². The molecule has 0 saturated heterocycles. The van der Waals surface area contributed by atoms with Crippen molar-refractivity contribution in [3.05, 3.63) is 74.2 Å². The molecule has 0 aliphatic heterocycles. The Balaban J connectivity index is 1.84. The number of pyridine rings is 1. The quantitative estimate of drug-likeness (QED) is 0.635. The van der Waals surface area contributed by atoms with Crippen LogP contribution in [0.1, 0.15) is 24.8 Å². The van der Waals surface area contributed by atoms with Gasteiger partial charge in [-0.15, -0.1) is 11.3 Å². The van der Waals surface area contributed by atoms with E-state index in [1.165, 1.54) is 22.2 Å². The maximum atomic E-state index is 12.8. The van der Waals surface area contributed by atoms with Crippen molar-refractivity contribution in [3.8, 4) is 10.4 Å². The molecule has 0 spiro atoms. The van der Waals surface area contributed by atoms with Gasteiger partial charge >= 0.3 is 5.69 Å². The number of nitrogens with two attached hydrogens (primary N) is 1. The number of halogens is 2. The Hall–Kier alpha value is -2.85. The van der Waals surface area contributed by atoms with Crippen LogP contribution in [-0.4, -0.2) is 25.5 Å². The van der Waals surface area contributed by atoms with Gasteiger partial charge in [-0.1, -0.05) is 0 Å². The molecule has 10 heteroatoms. The molecule has 0 bridgehead atoms. The molecule has 3 heterocycles. The summed E-state index contributed by atoms with van der Waals surface area (Å²) >= 11 is 1.40. The second kappa shape index (κ2) is 8.66. The van der Waals surface area contributed by atoms with E-state index >= 15 is 0 Å². The minimum Gasteiger partial charge on any atom is -0.327 e. The Morgan fingerprint density at radius 1 is 1.24 bits per heavy atom. The number of rotatable bonds is 7. The van der Waals surface area contributed by atoms with Crippen molar-refractivity contribution >= 4 is 11.3 Å². The van der Waals surface area contributed by atoms with Gasteiger partial charge in [0.05, 0.1) is 18.7 Å². The summed E-state index contributed by atoms with van der Waals surface area (Å²) in [6.45, 7) is 3.42. The first-order valence-electron chi connectivity index (χ1n) is 8.97. The van der Waals surface area contributed by atoms with Crippen LogP contribution >= 0.6 is 11.3 Å². The lowest BCUT2D eigenvalue weighted by molar-refractivity contribution is 0.400. The van der Waals surface area contributed by atoms with E-state index in [2.05, 4.69) is 5.10 Å². The van der Waals surface area contributed by atoms with E-state index < -0.39 is 11.8 Å². The van der Waals surface area contributed by atoms with E-state index in [4.69, 9.17) is 5.73 Å². The minimum absolute atomic E-state index is 0.0490. The molecule has 0 atom stereocenters. The van der Waals surface area contributed by atoms with E-state index in [9.17, 15) is 18.4 Å². The van der Waals surface area contributed by atoms with Crippen LogP contribution in [0.5, 0.6) is 0 Å². The predicted molar refractivity (Wildman–Crippen MR) is 108 cm³/mol. The summed E-state index contributed by atoms with van der Waals surface area (Å²) in [5.74, 6) is 0. The van der Waals surface area contributed by atoms with E-state index in [-0.39, 0.29) is 36.8 Å². The topological polar surface area (TPSA) is 87.8 Å². The average Bonchev–Trinajstić information content (AvgIpc) is 3.27. The van der Waals surface area contributed by atoms with Gasteiger partial charge in [-0.25, -0.2) is 9.48 Å². The standard InChI is InChI=1S/C19H21F2N5O2S/c1-12(2)25-7-3-4-15(18(25)27)16-6-5-14(29-16)10-24-11-23-26(19(24)28)9-13(8-22)17(20)21/h3-7,11-12H,8-10,22H2,1-2H3. The van der Waals surface area contributed by atoms with Gasteiger partial charge in [-0.3, -0.25) is 9.36 Å². The lowest BCUT2D eigenvalue weighted by Crippen LogP contribution is -2.27. The molecule has 0 aromatic carbocycles.